The number of amides is 1. The summed E-state index contributed by atoms with van der Waals surface area (Å²) in [4.78, 5) is 16.2. The standard InChI is InChI=1S/C20H19N7OS/c21-11-15(12-4-2-1-3-5-12)24-20-25-19(17(18(22)28)26-27-20)23-14-6-7-16-13(10-14)8-9-29-16/h1-10,15H,11,21H2,(H2,22,28)(H2,23,24,25,27)/t15-/m0/s1. The van der Waals surface area contributed by atoms with Crippen LogP contribution in [0.25, 0.3) is 10.1 Å². The molecule has 0 aliphatic rings. The minimum Gasteiger partial charge on any atom is -0.364 e. The largest absolute Gasteiger partial charge is 0.364 e. The van der Waals surface area contributed by atoms with Gasteiger partial charge in [0.15, 0.2) is 11.5 Å². The second-order valence-electron chi connectivity index (χ2n) is 6.34. The first-order valence-electron chi connectivity index (χ1n) is 8.94. The molecule has 146 valence electrons. The number of nitrogens with two attached hydrogens (primary N) is 2. The molecule has 0 aliphatic heterocycles. The van der Waals surface area contributed by atoms with E-state index < -0.39 is 5.91 Å². The van der Waals surface area contributed by atoms with Crippen LogP contribution in [0, 0.1) is 0 Å². The van der Waals surface area contributed by atoms with Gasteiger partial charge < -0.3 is 22.1 Å². The number of nitrogens with zero attached hydrogens (tertiary/aromatic N) is 3. The number of hydrogen-bond donors (Lipinski definition) is 4. The first-order chi connectivity index (χ1) is 14.1. The number of hydrogen-bond acceptors (Lipinski definition) is 8. The molecule has 0 unspecified atom stereocenters. The summed E-state index contributed by atoms with van der Waals surface area (Å²) >= 11 is 1.66. The summed E-state index contributed by atoms with van der Waals surface area (Å²) < 4.78 is 1.17. The lowest BCUT2D eigenvalue weighted by Gasteiger charge is -2.17. The molecule has 0 bridgehead atoms. The van der Waals surface area contributed by atoms with E-state index in [0.717, 1.165) is 16.6 Å². The van der Waals surface area contributed by atoms with E-state index in [1.165, 1.54) is 4.70 Å². The van der Waals surface area contributed by atoms with Gasteiger partial charge in [-0.3, -0.25) is 4.79 Å². The predicted octanol–water partition coefficient (Wildman–Crippen LogP) is 3.04. The van der Waals surface area contributed by atoms with Gasteiger partial charge in [-0.1, -0.05) is 30.3 Å². The Labute approximate surface area is 171 Å². The number of carbonyl (C=O) groups excluding carboxylic acids is 1. The number of nitrogens with one attached hydrogen (secondary N) is 2. The zero-order valence-electron chi connectivity index (χ0n) is 15.4. The van der Waals surface area contributed by atoms with Gasteiger partial charge in [0.25, 0.3) is 5.91 Å². The monoisotopic (exact) mass is 405 g/mol. The molecular weight excluding hydrogens is 386 g/mol. The molecule has 0 radical (unpaired) electrons. The lowest BCUT2D eigenvalue weighted by atomic mass is 10.1. The van der Waals surface area contributed by atoms with Crippen LogP contribution in [0.4, 0.5) is 17.5 Å². The lowest BCUT2D eigenvalue weighted by molar-refractivity contribution is 0.0995. The highest BCUT2D eigenvalue weighted by atomic mass is 32.1. The van der Waals surface area contributed by atoms with Crippen molar-refractivity contribution in [3.63, 3.8) is 0 Å². The molecule has 29 heavy (non-hydrogen) atoms. The van der Waals surface area contributed by atoms with Crippen LogP contribution in [0.2, 0.25) is 0 Å². The average Bonchev–Trinajstić information content (AvgIpc) is 3.20. The lowest BCUT2D eigenvalue weighted by Crippen LogP contribution is -2.23. The number of benzene rings is 2. The summed E-state index contributed by atoms with van der Waals surface area (Å²) in [6.45, 7) is 0.336. The van der Waals surface area contributed by atoms with Gasteiger partial charge in [-0.25, -0.2) is 0 Å². The molecule has 2 heterocycles. The molecule has 0 fully saturated rings. The van der Waals surface area contributed by atoms with Crippen molar-refractivity contribution in [2.24, 2.45) is 11.5 Å². The summed E-state index contributed by atoms with van der Waals surface area (Å²) in [6.07, 6.45) is 0. The maximum absolute atomic E-state index is 11.8. The van der Waals surface area contributed by atoms with Crippen molar-refractivity contribution >= 4 is 44.8 Å². The van der Waals surface area contributed by atoms with Crippen LogP contribution in [0.1, 0.15) is 22.1 Å². The van der Waals surface area contributed by atoms with Gasteiger partial charge in [0.05, 0.1) is 6.04 Å². The van der Waals surface area contributed by atoms with Crippen LogP contribution in [0.5, 0.6) is 0 Å². The highest BCUT2D eigenvalue weighted by molar-refractivity contribution is 7.17. The molecule has 4 aromatic rings. The Balaban J connectivity index is 1.64. The minimum atomic E-state index is -0.714. The Morgan fingerprint density at radius 3 is 2.69 bits per heavy atom. The summed E-state index contributed by atoms with van der Waals surface area (Å²) in [6, 6.07) is 17.4. The van der Waals surface area contributed by atoms with Crippen molar-refractivity contribution < 1.29 is 4.79 Å². The van der Waals surface area contributed by atoms with Crippen molar-refractivity contribution in [2.45, 2.75) is 6.04 Å². The van der Waals surface area contributed by atoms with Crippen LogP contribution in [0.3, 0.4) is 0 Å². The Morgan fingerprint density at radius 1 is 1.10 bits per heavy atom. The normalized spacial score (nSPS) is 11.9. The summed E-state index contributed by atoms with van der Waals surface area (Å²) in [5.74, 6) is -0.240. The first-order valence-corrected chi connectivity index (χ1v) is 9.82. The van der Waals surface area contributed by atoms with Gasteiger partial charge in [-0.15, -0.1) is 21.5 Å². The van der Waals surface area contributed by atoms with E-state index in [0.29, 0.717) is 6.54 Å². The number of aromatic nitrogens is 3. The molecule has 4 rings (SSSR count). The molecule has 2 aromatic carbocycles. The third-order valence-electron chi connectivity index (χ3n) is 4.38. The van der Waals surface area contributed by atoms with E-state index >= 15 is 0 Å². The molecule has 1 amide bonds. The topological polar surface area (TPSA) is 132 Å². The minimum absolute atomic E-state index is 0.0371. The zero-order valence-corrected chi connectivity index (χ0v) is 16.2. The van der Waals surface area contributed by atoms with Gasteiger partial charge in [0, 0.05) is 16.9 Å². The highest BCUT2D eigenvalue weighted by Crippen LogP contribution is 2.26. The van der Waals surface area contributed by atoms with Gasteiger partial charge in [0.1, 0.15) is 0 Å². The second-order valence-corrected chi connectivity index (χ2v) is 7.29. The average molecular weight is 405 g/mol. The van der Waals surface area contributed by atoms with Crippen LogP contribution >= 0.6 is 11.3 Å². The van der Waals surface area contributed by atoms with E-state index in [4.69, 9.17) is 11.5 Å². The fourth-order valence-electron chi connectivity index (χ4n) is 2.94. The molecule has 0 aliphatic carbocycles. The Morgan fingerprint density at radius 2 is 1.93 bits per heavy atom. The van der Waals surface area contributed by atoms with E-state index in [-0.39, 0.29) is 23.5 Å². The number of primary amides is 1. The van der Waals surface area contributed by atoms with Crippen LogP contribution in [-0.4, -0.2) is 27.6 Å². The van der Waals surface area contributed by atoms with E-state index in [1.54, 1.807) is 11.3 Å². The predicted molar refractivity (Wildman–Crippen MR) is 115 cm³/mol. The molecule has 0 saturated carbocycles. The summed E-state index contributed by atoms with van der Waals surface area (Å²) in [5, 5.41) is 17.3. The quantitative estimate of drug-likeness (QED) is 0.371. The van der Waals surface area contributed by atoms with Crippen LogP contribution in [-0.2, 0) is 0 Å². The molecule has 0 spiro atoms. The molecule has 9 heteroatoms. The van der Waals surface area contributed by atoms with Gasteiger partial charge in [-0.2, -0.15) is 4.98 Å². The smallest absolute Gasteiger partial charge is 0.273 e. The summed E-state index contributed by atoms with van der Waals surface area (Å²) in [7, 11) is 0. The third-order valence-corrected chi connectivity index (χ3v) is 5.27. The van der Waals surface area contributed by atoms with E-state index in [2.05, 4.69) is 25.8 Å². The first kappa shape index (κ1) is 18.8. The molecular formula is C20H19N7OS. The number of rotatable bonds is 7. The van der Waals surface area contributed by atoms with Crippen LogP contribution in [0.15, 0.2) is 60.0 Å². The summed E-state index contributed by atoms with van der Waals surface area (Å²) in [5.41, 5.74) is 13.1. The van der Waals surface area contributed by atoms with Gasteiger partial charge in [-0.05, 0) is 40.6 Å². The van der Waals surface area contributed by atoms with Gasteiger partial charge >= 0.3 is 0 Å². The number of carbonyl (C=O) groups is 1. The molecule has 0 saturated heterocycles. The fourth-order valence-corrected chi connectivity index (χ4v) is 3.71. The number of anilines is 3. The Bertz CT molecular complexity index is 1150. The highest BCUT2D eigenvalue weighted by Gasteiger charge is 2.17. The SMILES string of the molecule is NC[C@H](Nc1nnc(C(N)=O)c(Nc2ccc3sccc3c2)n1)c1ccccc1. The Hall–Kier alpha value is -3.56. The van der Waals surface area contributed by atoms with Crippen molar-refractivity contribution in [3.05, 3.63) is 71.2 Å². The van der Waals surface area contributed by atoms with E-state index in [9.17, 15) is 4.79 Å². The third kappa shape index (κ3) is 4.15. The molecule has 2 aromatic heterocycles. The van der Waals surface area contributed by atoms with Crippen LogP contribution < -0.4 is 22.1 Å². The van der Waals surface area contributed by atoms with Crippen molar-refractivity contribution in [1.29, 1.82) is 0 Å². The second kappa shape index (κ2) is 8.21. The van der Waals surface area contributed by atoms with Crippen molar-refractivity contribution in [1.82, 2.24) is 15.2 Å². The van der Waals surface area contributed by atoms with Gasteiger partial charge in [0.2, 0.25) is 5.95 Å². The number of fused-ring (bicyclic) bond motifs is 1. The fraction of sp³-hybridized carbons (Fsp3) is 0.100. The molecule has 6 N–H and O–H groups in total. The Kier molecular flexibility index (Phi) is 5.32. The number of thiophene rings is 1. The zero-order chi connectivity index (χ0) is 20.2. The molecule has 1 atom stereocenters. The molecule has 8 nitrogen and oxygen atoms in total. The maximum Gasteiger partial charge on any atom is 0.273 e. The van der Waals surface area contributed by atoms with Crippen molar-refractivity contribution in [2.75, 3.05) is 17.2 Å². The van der Waals surface area contributed by atoms with Crippen molar-refractivity contribution in [3.8, 4) is 0 Å². The van der Waals surface area contributed by atoms with E-state index in [1.807, 2.05) is 60.0 Å². The maximum atomic E-state index is 11.8.